The Balaban J connectivity index is 0.0000116. The van der Waals surface area contributed by atoms with Crippen LogP contribution in [0.1, 0.15) is 114 Å². The molecule has 15 N–H and O–H groups in total. The number of aryl methyl sites for hydroxylation is 3. The molecule has 0 fully saturated rings. The summed E-state index contributed by atoms with van der Waals surface area (Å²) in [6.07, 6.45) is 5.21. The van der Waals surface area contributed by atoms with E-state index in [1.54, 1.807) is 21.3 Å². The van der Waals surface area contributed by atoms with Crippen LogP contribution in [0.5, 0.6) is 17.2 Å². The van der Waals surface area contributed by atoms with E-state index in [0.29, 0.717) is 112 Å². The molecular formula is C73H89ClN12O9. The summed E-state index contributed by atoms with van der Waals surface area (Å²) >= 11 is 0. The van der Waals surface area contributed by atoms with Gasteiger partial charge >= 0.3 is 0 Å². The number of nitrogens with one attached hydrogen (secondary N) is 9. The lowest BCUT2D eigenvalue weighted by Crippen LogP contribution is -2.44. The minimum Gasteiger partial charge on any atom is -0.497 e. The second-order valence-electron chi connectivity index (χ2n) is 23.9. The maximum atomic E-state index is 14.2. The van der Waals surface area contributed by atoms with Crippen LogP contribution in [0.3, 0.4) is 0 Å². The predicted molar refractivity (Wildman–Crippen MR) is 378 cm³/mol. The van der Waals surface area contributed by atoms with E-state index in [9.17, 15) is 28.8 Å². The van der Waals surface area contributed by atoms with Crippen LogP contribution in [0, 0.1) is 20.8 Å². The standard InChI is InChI=1S/C73H88N12O9.ClH/c1-43-58(55-31-28-52(92-4)37-64(55)77-43)40-67(86)83-61(13-7-10-34-74)71(89)80-49-22-16-46(17-23-49)70(47-18-24-50(25-19-47)81-72(90)62(14-8-11-35-75)84-68(87)41-59-44(2)78-65-38-53(93-5)29-32-56(59)65)48-20-26-51(27-21-48)82-73(91)63(15-9-12-36-76)85-69(88)42-60-45(3)79-66-39-54(94-6)30-33-57(60)66;/h16-33,37-39,61-63,70,77-79H,7-15,34-36,40-42,74-76H2,1-6H3,(H,80,89)(H,81,90)(H,82,91)(H,83,86)(H,84,87)(H,85,88);1H/t61-,62-,63-;/m1./s1. The van der Waals surface area contributed by atoms with Gasteiger partial charge in [-0.2, -0.15) is 0 Å². The Morgan fingerprint density at radius 1 is 0.389 bits per heavy atom. The third-order valence-electron chi connectivity index (χ3n) is 17.3. The Hall–Kier alpha value is -9.67. The van der Waals surface area contributed by atoms with Gasteiger partial charge in [0.25, 0.3) is 0 Å². The van der Waals surface area contributed by atoms with Crippen molar-refractivity contribution in [2.45, 2.75) is 122 Å². The number of aromatic amines is 3. The number of carbonyl (C=O) groups excluding carboxylic acids is 6. The van der Waals surface area contributed by atoms with Crippen LogP contribution in [0.25, 0.3) is 32.7 Å². The number of aromatic nitrogens is 3. The van der Waals surface area contributed by atoms with Gasteiger partial charge in [-0.1, -0.05) is 36.4 Å². The predicted octanol–water partition coefficient (Wildman–Crippen LogP) is 10.1. The number of anilines is 3. The minimum absolute atomic E-state index is 0. The summed E-state index contributed by atoms with van der Waals surface area (Å²) in [5, 5.41) is 20.8. The normalized spacial score (nSPS) is 12.2. The van der Waals surface area contributed by atoms with Crippen LogP contribution in [0.2, 0.25) is 0 Å². The van der Waals surface area contributed by atoms with Gasteiger partial charge in [0.1, 0.15) is 35.4 Å². The van der Waals surface area contributed by atoms with Crippen molar-refractivity contribution < 1.29 is 43.0 Å². The zero-order valence-corrected chi connectivity index (χ0v) is 55.7. The molecule has 3 heterocycles. The lowest BCUT2D eigenvalue weighted by molar-refractivity contribution is -0.126. The molecule has 3 aromatic heterocycles. The van der Waals surface area contributed by atoms with E-state index < -0.39 is 24.0 Å². The second-order valence-corrected chi connectivity index (χ2v) is 23.9. The fourth-order valence-corrected chi connectivity index (χ4v) is 12.2. The summed E-state index contributed by atoms with van der Waals surface area (Å²) in [5.41, 5.74) is 29.3. The third kappa shape index (κ3) is 18.4. The van der Waals surface area contributed by atoms with Crippen molar-refractivity contribution in [3.8, 4) is 17.2 Å². The van der Waals surface area contributed by atoms with E-state index in [-0.39, 0.29) is 67.1 Å². The highest BCUT2D eigenvalue weighted by Gasteiger charge is 2.27. The zero-order valence-electron chi connectivity index (χ0n) is 54.9. The molecule has 0 radical (unpaired) electrons. The Bertz CT molecular complexity index is 3690. The number of rotatable bonds is 33. The Morgan fingerprint density at radius 2 is 0.653 bits per heavy atom. The van der Waals surface area contributed by atoms with Crippen molar-refractivity contribution in [2.75, 3.05) is 56.9 Å². The number of methoxy groups -OCH3 is 3. The van der Waals surface area contributed by atoms with Crippen LogP contribution in [0.4, 0.5) is 17.1 Å². The molecule has 0 saturated heterocycles. The molecule has 3 atom stereocenters. The molecule has 0 saturated carbocycles. The molecule has 6 aromatic carbocycles. The highest BCUT2D eigenvalue weighted by molar-refractivity contribution is 6.01. The fraction of sp³-hybridized carbons (Fsp3) is 0.342. The lowest BCUT2D eigenvalue weighted by atomic mass is 9.85. The summed E-state index contributed by atoms with van der Waals surface area (Å²) in [6.45, 7) is 7.07. The molecule has 21 nitrogen and oxygen atoms in total. The first-order chi connectivity index (χ1) is 45.5. The Morgan fingerprint density at radius 3 is 0.895 bits per heavy atom. The molecule has 0 spiro atoms. The molecule has 0 bridgehead atoms. The minimum atomic E-state index is -0.842. The number of carbonyl (C=O) groups is 6. The average Bonchev–Trinajstić information content (AvgIpc) is 1.78. The summed E-state index contributed by atoms with van der Waals surface area (Å²) in [7, 11) is 4.81. The molecule has 0 aliphatic rings. The molecule has 95 heavy (non-hydrogen) atoms. The number of ether oxygens (including phenoxy) is 3. The molecule has 0 aliphatic carbocycles. The van der Waals surface area contributed by atoms with Gasteiger partial charge in [0, 0.05) is 91.0 Å². The van der Waals surface area contributed by atoms with Crippen molar-refractivity contribution in [1.82, 2.24) is 30.9 Å². The van der Waals surface area contributed by atoms with E-state index >= 15 is 0 Å². The number of amides is 6. The first kappa shape index (κ1) is 71.2. The van der Waals surface area contributed by atoms with E-state index in [4.69, 9.17) is 31.4 Å². The van der Waals surface area contributed by atoms with Gasteiger partial charge in [-0.25, -0.2) is 0 Å². The molecule has 22 heteroatoms. The maximum Gasteiger partial charge on any atom is 0.246 e. The van der Waals surface area contributed by atoms with E-state index in [1.165, 1.54) is 0 Å². The van der Waals surface area contributed by atoms with Crippen LogP contribution in [-0.4, -0.2) is 109 Å². The Kier molecular flexibility index (Phi) is 25.4. The summed E-state index contributed by atoms with van der Waals surface area (Å²) < 4.78 is 16.2. The van der Waals surface area contributed by atoms with Crippen molar-refractivity contribution in [2.24, 2.45) is 17.2 Å². The fourth-order valence-electron chi connectivity index (χ4n) is 12.2. The SMILES string of the molecule is COc1ccc2c(CC(=O)N[C@H](CCCCN)C(=O)Nc3ccc(C(c4ccc(NC(=O)[C@@H](CCCCN)NC(=O)Cc5c(C)[nH]c6cc(OC)ccc56)cc4)c4ccc(NC(=O)[C@@H](CCCCN)NC(=O)Cc5c(C)[nH]c6cc(OC)ccc56)cc4)cc3)c(C)[nH]c2c1.Cl. The smallest absolute Gasteiger partial charge is 0.246 e. The highest BCUT2D eigenvalue weighted by atomic mass is 35.5. The average molecular weight is 1310 g/mol. The number of benzene rings is 6. The molecular weight excluding hydrogens is 1220 g/mol. The number of halogens is 1. The number of nitrogens with two attached hydrogens (primary N) is 3. The number of H-pyrrole nitrogens is 3. The van der Waals surface area contributed by atoms with Gasteiger partial charge in [-0.15, -0.1) is 12.4 Å². The van der Waals surface area contributed by atoms with E-state index in [1.807, 2.05) is 148 Å². The van der Waals surface area contributed by atoms with Gasteiger partial charge in [0.05, 0.1) is 40.6 Å². The van der Waals surface area contributed by atoms with Crippen LogP contribution in [0.15, 0.2) is 127 Å². The monoisotopic (exact) mass is 1310 g/mol. The van der Waals surface area contributed by atoms with Gasteiger partial charge in [0.15, 0.2) is 0 Å². The van der Waals surface area contributed by atoms with E-state index in [0.717, 1.165) is 83.2 Å². The summed E-state index contributed by atoms with van der Waals surface area (Å²) in [6, 6.07) is 36.9. The van der Waals surface area contributed by atoms with Crippen molar-refractivity contribution in [3.05, 3.63) is 178 Å². The first-order valence-electron chi connectivity index (χ1n) is 32.2. The van der Waals surface area contributed by atoms with Crippen molar-refractivity contribution in [1.29, 1.82) is 0 Å². The molecule has 0 aliphatic heterocycles. The van der Waals surface area contributed by atoms with Crippen LogP contribution < -0.4 is 63.3 Å². The zero-order chi connectivity index (χ0) is 66.8. The van der Waals surface area contributed by atoms with Crippen LogP contribution in [-0.2, 0) is 48.0 Å². The topological polar surface area (TPSA) is 328 Å². The van der Waals surface area contributed by atoms with Crippen molar-refractivity contribution in [3.63, 3.8) is 0 Å². The largest absolute Gasteiger partial charge is 0.497 e. The molecule has 9 aromatic rings. The molecule has 0 unspecified atom stereocenters. The van der Waals surface area contributed by atoms with Gasteiger partial charge in [0.2, 0.25) is 35.4 Å². The number of hydrogen-bond acceptors (Lipinski definition) is 12. The molecule has 6 amide bonds. The lowest BCUT2D eigenvalue weighted by Gasteiger charge is -2.22. The number of hydrogen-bond donors (Lipinski definition) is 12. The van der Waals surface area contributed by atoms with Gasteiger partial charge in [-0.3, -0.25) is 28.8 Å². The highest BCUT2D eigenvalue weighted by Crippen LogP contribution is 2.35. The maximum absolute atomic E-state index is 14.2. The summed E-state index contributed by atoms with van der Waals surface area (Å²) in [5.74, 6) is -0.335. The molecule has 9 rings (SSSR count). The Labute approximate surface area is 559 Å². The second kappa shape index (κ2) is 34.0. The first-order valence-corrected chi connectivity index (χ1v) is 32.2. The number of fused-ring (bicyclic) bond motifs is 3. The van der Waals surface area contributed by atoms with Gasteiger partial charge in [-0.05, 0) is 204 Å². The van der Waals surface area contributed by atoms with Crippen LogP contribution >= 0.6 is 12.4 Å². The van der Waals surface area contributed by atoms with Gasteiger partial charge < -0.3 is 78.3 Å². The van der Waals surface area contributed by atoms with E-state index in [2.05, 4.69) is 46.9 Å². The van der Waals surface area contributed by atoms with Crippen molar-refractivity contribution >= 4 is 97.6 Å². The quantitative estimate of drug-likeness (QED) is 0.0135. The third-order valence-corrected chi connectivity index (χ3v) is 17.3. The summed E-state index contributed by atoms with van der Waals surface area (Å²) in [4.78, 5) is 93.9. The number of unbranched alkanes of at least 4 members (excludes halogenated alkanes) is 3. The molecule has 502 valence electrons.